The summed E-state index contributed by atoms with van der Waals surface area (Å²) in [6.45, 7) is 0.787. The average Bonchev–Trinajstić information content (AvgIpc) is 2.61. The number of carbonyl (C=O) groups excluding carboxylic acids is 1. The number of alkyl halides is 3. The molecule has 1 heterocycles. The lowest BCUT2D eigenvalue weighted by Gasteiger charge is -2.17. The lowest BCUT2D eigenvalue weighted by atomic mass is 10.1. The molecule has 0 bridgehead atoms. The molecule has 1 aromatic rings. The molecule has 21 heavy (non-hydrogen) atoms. The molecule has 4 nitrogen and oxygen atoms in total. The number of nitrogens with one attached hydrogen (secondary N) is 2. The first-order valence-electron chi connectivity index (χ1n) is 6.80. The first-order chi connectivity index (χ1) is 9.96. The molecule has 1 unspecified atom stereocenters. The van der Waals surface area contributed by atoms with E-state index in [4.69, 9.17) is 0 Å². The van der Waals surface area contributed by atoms with E-state index in [2.05, 4.69) is 15.4 Å². The topological polar surface area (TPSA) is 50.4 Å². The number of amides is 1. The van der Waals surface area contributed by atoms with Gasteiger partial charge in [0.05, 0.1) is 6.04 Å². The summed E-state index contributed by atoms with van der Waals surface area (Å²) >= 11 is 0. The third kappa shape index (κ3) is 4.93. The molecule has 2 rings (SSSR count). The minimum Gasteiger partial charge on any atom is -0.405 e. The van der Waals surface area contributed by atoms with Gasteiger partial charge in [-0.2, -0.15) is 0 Å². The predicted octanol–water partition coefficient (Wildman–Crippen LogP) is 2.34. The van der Waals surface area contributed by atoms with E-state index in [1.165, 1.54) is 12.1 Å². The van der Waals surface area contributed by atoms with Crippen LogP contribution in [0, 0.1) is 0 Å². The van der Waals surface area contributed by atoms with Gasteiger partial charge < -0.3 is 15.4 Å². The monoisotopic (exact) mass is 302 g/mol. The number of benzene rings is 1. The van der Waals surface area contributed by atoms with Crippen LogP contribution in [0.4, 0.5) is 13.2 Å². The van der Waals surface area contributed by atoms with Gasteiger partial charge in [-0.3, -0.25) is 4.79 Å². The SMILES string of the molecule is O=C1NCCCCC1NCc1ccccc1OC(F)(F)F. The fourth-order valence-corrected chi connectivity index (χ4v) is 2.24. The fraction of sp³-hybridized carbons (Fsp3) is 0.500. The molecule has 1 saturated heterocycles. The Bertz CT molecular complexity index is 491. The van der Waals surface area contributed by atoms with Crippen LogP contribution in [-0.2, 0) is 11.3 Å². The zero-order valence-corrected chi connectivity index (χ0v) is 11.4. The van der Waals surface area contributed by atoms with Crippen LogP contribution in [0.5, 0.6) is 5.75 Å². The van der Waals surface area contributed by atoms with Crippen LogP contribution in [0.3, 0.4) is 0 Å². The first kappa shape index (κ1) is 15.6. The van der Waals surface area contributed by atoms with E-state index in [0.717, 1.165) is 12.8 Å². The number of hydrogen-bond donors (Lipinski definition) is 2. The Hall–Kier alpha value is -1.76. The molecular weight excluding hydrogens is 285 g/mol. The number of para-hydroxylation sites is 1. The van der Waals surface area contributed by atoms with Crippen LogP contribution in [0.25, 0.3) is 0 Å². The Labute approximate surface area is 120 Å². The molecule has 116 valence electrons. The quantitative estimate of drug-likeness (QED) is 0.897. The van der Waals surface area contributed by atoms with E-state index in [1.807, 2.05) is 0 Å². The van der Waals surface area contributed by atoms with Gasteiger partial charge >= 0.3 is 6.36 Å². The Kier molecular flexibility index (Phi) is 5.06. The van der Waals surface area contributed by atoms with Gasteiger partial charge in [0.15, 0.2) is 0 Å². The van der Waals surface area contributed by atoms with Gasteiger partial charge in [0.2, 0.25) is 5.91 Å². The zero-order chi connectivity index (χ0) is 15.3. The van der Waals surface area contributed by atoms with Gasteiger partial charge in [-0.25, -0.2) is 0 Å². The number of halogens is 3. The van der Waals surface area contributed by atoms with Crippen LogP contribution >= 0.6 is 0 Å². The van der Waals surface area contributed by atoms with E-state index in [9.17, 15) is 18.0 Å². The summed E-state index contributed by atoms with van der Waals surface area (Å²) in [5.41, 5.74) is 0.367. The average molecular weight is 302 g/mol. The third-order valence-electron chi connectivity index (χ3n) is 3.27. The van der Waals surface area contributed by atoms with E-state index in [1.54, 1.807) is 12.1 Å². The number of hydrogen-bond acceptors (Lipinski definition) is 3. The van der Waals surface area contributed by atoms with Gasteiger partial charge in [0.1, 0.15) is 5.75 Å². The summed E-state index contributed by atoms with van der Waals surface area (Å²) in [7, 11) is 0. The second kappa shape index (κ2) is 6.80. The molecule has 2 N–H and O–H groups in total. The van der Waals surface area contributed by atoms with Gasteiger partial charge in [-0.05, 0) is 25.3 Å². The van der Waals surface area contributed by atoms with E-state index in [-0.39, 0.29) is 24.2 Å². The Morgan fingerprint density at radius 2 is 2.05 bits per heavy atom. The summed E-state index contributed by atoms with van der Waals surface area (Å²) in [5, 5.41) is 5.77. The molecule has 0 radical (unpaired) electrons. The second-order valence-corrected chi connectivity index (χ2v) is 4.88. The number of ether oxygens (including phenoxy) is 1. The Balaban J connectivity index is 2.00. The van der Waals surface area contributed by atoms with E-state index in [0.29, 0.717) is 18.5 Å². The molecule has 0 saturated carbocycles. The summed E-state index contributed by atoms with van der Waals surface area (Å²) in [6, 6.07) is 5.53. The zero-order valence-electron chi connectivity index (χ0n) is 11.4. The first-order valence-corrected chi connectivity index (χ1v) is 6.80. The highest BCUT2D eigenvalue weighted by Crippen LogP contribution is 2.26. The highest BCUT2D eigenvalue weighted by Gasteiger charge is 2.32. The van der Waals surface area contributed by atoms with Crippen molar-refractivity contribution in [1.29, 1.82) is 0 Å². The van der Waals surface area contributed by atoms with Crippen molar-refractivity contribution in [3.8, 4) is 5.75 Å². The van der Waals surface area contributed by atoms with Gasteiger partial charge in [0, 0.05) is 18.7 Å². The van der Waals surface area contributed by atoms with Crippen molar-refractivity contribution < 1.29 is 22.7 Å². The minimum atomic E-state index is -4.73. The lowest BCUT2D eigenvalue weighted by Crippen LogP contribution is -2.42. The normalized spacial score (nSPS) is 19.8. The van der Waals surface area contributed by atoms with Crippen molar-refractivity contribution in [1.82, 2.24) is 10.6 Å². The van der Waals surface area contributed by atoms with Crippen molar-refractivity contribution in [3.05, 3.63) is 29.8 Å². The molecule has 7 heteroatoms. The van der Waals surface area contributed by atoms with Gasteiger partial charge in [-0.15, -0.1) is 13.2 Å². The molecule has 1 aromatic carbocycles. The molecule has 0 spiro atoms. The van der Waals surface area contributed by atoms with Crippen LogP contribution in [-0.4, -0.2) is 24.9 Å². The molecule has 1 aliphatic rings. The molecule has 1 amide bonds. The molecular formula is C14H17F3N2O2. The van der Waals surface area contributed by atoms with Crippen LogP contribution < -0.4 is 15.4 Å². The van der Waals surface area contributed by atoms with Gasteiger partial charge in [0.25, 0.3) is 0 Å². The van der Waals surface area contributed by atoms with E-state index >= 15 is 0 Å². The van der Waals surface area contributed by atoms with E-state index < -0.39 is 6.36 Å². The van der Waals surface area contributed by atoms with Crippen molar-refractivity contribution in [3.63, 3.8) is 0 Å². The van der Waals surface area contributed by atoms with Gasteiger partial charge in [-0.1, -0.05) is 18.2 Å². The second-order valence-electron chi connectivity index (χ2n) is 4.88. The van der Waals surface area contributed by atoms with Crippen LogP contribution in [0.15, 0.2) is 24.3 Å². The van der Waals surface area contributed by atoms with Crippen molar-refractivity contribution in [2.45, 2.75) is 38.2 Å². The molecule has 0 aliphatic carbocycles. The van der Waals surface area contributed by atoms with Crippen LogP contribution in [0.1, 0.15) is 24.8 Å². The van der Waals surface area contributed by atoms with Crippen molar-refractivity contribution >= 4 is 5.91 Å². The Morgan fingerprint density at radius 3 is 2.81 bits per heavy atom. The summed E-state index contributed by atoms with van der Waals surface area (Å²) in [6.07, 6.45) is -2.24. The molecule has 0 aromatic heterocycles. The van der Waals surface area contributed by atoms with Crippen molar-refractivity contribution in [2.24, 2.45) is 0 Å². The Morgan fingerprint density at radius 1 is 1.29 bits per heavy atom. The molecule has 1 aliphatic heterocycles. The summed E-state index contributed by atoms with van der Waals surface area (Å²) in [5.74, 6) is -0.353. The smallest absolute Gasteiger partial charge is 0.405 e. The molecule has 1 fully saturated rings. The van der Waals surface area contributed by atoms with Crippen molar-refractivity contribution in [2.75, 3.05) is 6.54 Å². The summed E-state index contributed by atoms with van der Waals surface area (Å²) < 4.78 is 41.0. The predicted molar refractivity (Wildman–Crippen MR) is 70.6 cm³/mol. The van der Waals surface area contributed by atoms with Crippen LogP contribution in [0.2, 0.25) is 0 Å². The highest BCUT2D eigenvalue weighted by atomic mass is 19.4. The summed E-state index contributed by atoms with van der Waals surface area (Å²) in [4.78, 5) is 11.8. The number of rotatable bonds is 4. The molecule has 1 atom stereocenters. The largest absolute Gasteiger partial charge is 0.573 e. The lowest BCUT2D eigenvalue weighted by molar-refractivity contribution is -0.274. The maximum atomic E-state index is 12.3. The highest BCUT2D eigenvalue weighted by molar-refractivity contribution is 5.81. The fourth-order valence-electron chi connectivity index (χ4n) is 2.24. The standard InChI is InChI=1S/C14H17F3N2O2/c15-14(16,17)21-12-7-2-1-5-10(12)9-19-11-6-3-4-8-18-13(11)20/h1-2,5,7,11,19H,3-4,6,8-9H2,(H,18,20). The maximum Gasteiger partial charge on any atom is 0.573 e. The third-order valence-corrected chi connectivity index (χ3v) is 3.27. The number of carbonyl (C=O) groups is 1. The minimum absolute atomic E-state index is 0.110. The maximum absolute atomic E-state index is 12.3.